The number of amides is 1. The standard InChI is InChI=1S/C16H13N3O3S/c1-23-15-17-9-8-14(19-15)22-13-7-6-12(18-16(20)21)10-4-2-3-5-11(10)13/h2-9,18H,1H3,(H,20,21). The molecule has 2 aromatic carbocycles. The summed E-state index contributed by atoms with van der Waals surface area (Å²) < 4.78 is 5.85. The van der Waals surface area contributed by atoms with E-state index in [1.54, 1.807) is 24.4 Å². The molecular weight excluding hydrogens is 314 g/mol. The van der Waals surface area contributed by atoms with Crippen LogP contribution in [0.3, 0.4) is 0 Å². The zero-order valence-electron chi connectivity index (χ0n) is 12.2. The van der Waals surface area contributed by atoms with Crippen LogP contribution in [0.1, 0.15) is 0 Å². The summed E-state index contributed by atoms with van der Waals surface area (Å²) in [6, 6.07) is 12.5. The van der Waals surface area contributed by atoms with Gasteiger partial charge in [0.2, 0.25) is 5.88 Å². The molecule has 7 heteroatoms. The lowest BCUT2D eigenvalue weighted by Gasteiger charge is -2.11. The first kappa shape index (κ1) is 15.1. The highest BCUT2D eigenvalue weighted by molar-refractivity contribution is 7.98. The number of thioether (sulfide) groups is 1. The summed E-state index contributed by atoms with van der Waals surface area (Å²) >= 11 is 1.43. The first-order chi connectivity index (χ1) is 11.2. The fraction of sp³-hybridized carbons (Fsp3) is 0.0625. The minimum Gasteiger partial charge on any atom is -0.465 e. The van der Waals surface area contributed by atoms with Gasteiger partial charge in [0.15, 0.2) is 5.16 Å². The number of rotatable bonds is 4. The Kier molecular flexibility index (Phi) is 4.29. The zero-order chi connectivity index (χ0) is 16.2. The molecule has 0 saturated heterocycles. The van der Waals surface area contributed by atoms with E-state index in [2.05, 4.69) is 15.3 Å². The van der Waals surface area contributed by atoms with E-state index in [0.717, 1.165) is 10.8 Å². The number of hydrogen-bond donors (Lipinski definition) is 2. The van der Waals surface area contributed by atoms with Crippen LogP contribution < -0.4 is 10.1 Å². The van der Waals surface area contributed by atoms with Gasteiger partial charge in [-0.3, -0.25) is 5.32 Å². The highest BCUT2D eigenvalue weighted by Gasteiger charge is 2.10. The predicted molar refractivity (Wildman–Crippen MR) is 89.5 cm³/mol. The molecule has 23 heavy (non-hydrogen) atoms. The number of hydrogen-bond acceptors (Lipinski definition) is 5. The molecule has 0 saturated carbocycles. The first-order valence-electron chi connectivity index (χ1n) is 6.74. The lowest BCUT2D eigenvalue weighted by atomic mass is 10.1. The molecule has 6 nitrogen and oxygen atoms in total. The topological polar surface area (TPSA) is 84.3 Å². The van der Waals surface area contributed by atoms with E-state index in [-0.39, 0.29) is 0 Å². The maximum absolute atomic E-state index is 10.9. The Balaban J connectivity index is 2.03. The molecule has 3 aromatic rings. The number of nitrogens with zero attached hydrogens (tertiary/aromatic N) is 2. The molecule has 0 aliphatic rings. The predicted octanol–water partition coefficient (Wildman–Crippen LogP) is 4.23. The average Bonchev–Trinajstić information content (AvgIpc) is 2.57. The van der Waals surface area contributed by atoms with Gasteiger partial charge in [-0.05, 0) is 18.4 Å². The van der Waals surface area contributed by atoms with Gasteiger partial charge in [-0.2, -0.15) is 4.98 Å². The molecule has 2 N–H and O–H groups in total. The van der Waals surface area contributed by atoms with Gasteiger partial charge in [0.05, 0.1) is 5.69 Å². The van der Waals surface area contributed by atoms with Crippen LogP contribution >= 0.6 is 11.8 Å². The summed E-state index contributed by atoms with van der Waals surface area (Å²) in [5.41, 5.74) is 0.507. The van der Waals surface area contributed by atoms with Gasteiger partial charge in [-0.15, -0.1) is 0 Å². The number of benzene rings is 2. The van der Waals surface area contributed by atoms with E-state index >= 15 is 0 Å². The number of carbonyl (C=O) groups is 1. The van der Waals surface area contributed by atoms with Crippen LogP contribution in [-0.2, 0) is 0 Å². The monoisotopic (exact) mass is 327 g/mol. The van der Waals surface area contributed by atoms with Crippen molar-refractivity contribution in [3.8, 4) is 11.6 Å². The second-order valence-electron chi connectivity index (χ2n) is 4.57. The van der Waals surface area contributed by atoms with E-state index in [0.29, 0.717) is 22.5 Å². The van der Waals surface area contributed by atoms with Crippen LogP contribution in [0.5, 0.6) is 11.6 Å². The van der Waals surface area contributed by atoms with E-state index in [9.17, 15) is 4.79 Å². The van der Waals surface area contributed by atoms with E-state index in [1.807, 2.05) is 30.5 Å². The van der Waals surface area contributed by atoms with Crippen molar-refractivity contribution >= 4 is 34.3 Å². The van der Waals surface area contributed by atoms with Crippen LogP contribution in [0.4, 0.5) is 10.5 Å². The fourth-order valence-corrected chi connectivity index (χ4v) is 2.53. The van der Waals surface area contributed by atoms with Crippen LogP contribution in [-0.4, -0.2) is 27.4 Å². The van der Waals surface area contributed by atoms with E-state index in [1.165, 1.54) is 11.8 Å². The molecule has 0 radical (unpaired) electrons. The number of carboxylic acid groups (broad SMARTS) is 1. The van der Waals surface area contributed by atoms with Crippen LogP contribution in [0.25, 0.3) is 10.8 Å². The molecule has 0 atom stereocenters. The van der Waals surface area contributed by atoms with Crippen molar-refractivity contribution in [2.45, 2.75) is 5.16 Å². The molecule has 1 heterocycles. The quantitative estimate of drug-likeness (QED) is 0.551. The minimum absolute atomic E-state index is 0.438. The van der Waals surface area contributed by atoms with Crippen molar-refractivity contribution in [2.24, 2.45) is 0 Å². The largest absolute Gasteiger partial charge is 0.465 e. The number of fused-ring (bicyclic) bond motifs is 1. The minimum atomic E-state index is -1.11. The molecule has 116 valence electrons. The Morgan fingerprint density at radius 2 is 1.96 bits per heavy atom. The number of aromatic nitrogens is 2. The molecule has 0 unspecified atom stereocenters. The Bertz CT molecular complexity index is 870. The number of ether oxygens (including phenoxy) is 1. The molecule has 1 amide bonds. The van der Waals surface area contributed by atoms with Crippen LogP contribution in [0, 0.1) is 0 Å². The normalized spacial score (nSPS) is 10.5. The van der Waals surface area contributed by atoms with Gasteiger partial charge in [-0.25, -0.2) is 9.78 Å². The molecule has 0 aliphatic carbocycles. The number of anilines is 1. The second kappa shape index (κ2) is 6.53. The molecule has 3 rings (SSSR count). The van der Waals surface area contributed by atoms with Crippen molar-refractivity contribution in [2.75, 3.05) is 11.6 Å². The molecule has 0 fully saturated rings. The first-order valence-corrected chi connectivity index (χ1v) is 7.96. The van der Waals surface area contributed by atoms with E-state index < -0.39 is 6.09 Å². The van der Waals surface area contributed by atoms with Crippen molar-refractivity contribution in [1.29, 1.82) is 0 Å². The second-order valence-corrected chi connectivity index (χ2v) is 5.34. The summed E-state index contributed by atoms with van der Waals surface area (Å²) in [6.07, 6.45) is 2.42. The Morgan fingerprint density at radius 3 is 2.70 bits per heavy atom. The Labute approximate surface area is 136 Å². The lowest BCUT2D eigenvalue weighted by molar-refractivity contribution is 0.210. The summed E-state index contributed by atoms with van der Waals surface area (Å²) in [5.74, 6) is 1.04. The lowest BCUT2D eigenvalue weighted by Crippen LogP contribution is -2.07. The van der Waals surface area contributed by atoms with Gasteiger partial charge in [-0.1, -0.05) is 36.0 Å². The Hall–Kier alpha value is -2.80. The summed E-state index contributed by atoms with van der Waals surface area (Å²) in [5, 5.41) is 13.5. The van der Waals surface area contributed by atoms with Gasteiger partial charge < -0.3 is 9.84 Å². The van der Waals surface area contributed by atoms with E-state index in [4.69, 9.17) is 9.84 Å². The average molecular weight is 327 g/mol. The highest BCUT2D eigenvalue weighted by Crippen LogP contribution is 2.34. The van der Waals surface area contributed by atoms with Gasteiger partial charge in [0.25, 0.3) is 0 Å². The Morgan fingerprint density at radius 1 is 1.17 bits per heavy atom. The molecule has 0 spiro atoms. The van der Waals surface area contributed by atoms with Gasteiger partial charge in [0, 0.05) is 23.0 Å². The third kappa shape index (κ3) is 3.35. The van der Waals surface area contributed by atoms with Crippen molar-refractivity contribution in [1.82, 2.24) is 9.97 Å². The fourth-order valence-electron chi connectivity index (χ4n) is 2.18. The smallest absolute Gasteiger partial charge is 0.409 e. The van der Waals surface area contributed by atoms with Crippen LogP contribution in [0.15, 0.2) is 53.8 Å². The third-order valence-electron chi connectivity index (χ3n) is 3.13. The van der Waals surface area contributed by atoms with Crippen LogP contribution in [0.2, 0.25) is 0 Å². The highest BCUT2D eigenvalue weighted by atomic mass is 32.2. The third-order valence-corrected chi connectivity index (χ3v) is 3.69. The molecule has 0 bridgehead atoms. The van der Waals surface area contributed by atoms with Crippen molar-refractivity contribution < 1.29 is 14.6 Å². The van der Waals surface area contributed by atoms with Crippen molar-refractivity contribution in [3.05, 3.63) is 48.7 Å². The molecule has 1 aromatic heterocycles. The molecule has 0 aliphatic heterocycles. The van der Waals surface area contributed by atoms with Gasteiger partial charge >= 0.3 is 6.09 Å². The molecular formula is C16H13N3O3S. The zero-order valence-corrected chi connectivity index (χ0v) is 13.0. The summed E-state index contributed by atoms with van der Waals surface area (Å²) in [6.45, 7) is 0. The maximum Gasteiger partial charge on any atom is 0.409 e. The summed E-state index contributed by atoms with van der Waals surface area (Å²) in [7, 11) is 0. The SMILES string of the molecule is CSc1nccc(Oc2ccc(NC(=O)O)c3ccccc23)n1. The van der Waals surface area contributed by atoms with Gasteiger partial charge in [0.1, 0.15) is 5.75 Å². The maximum atomic E-state index is 10.9. The van der Waals surface area contributed by atoms with Crippen molar-refractivity contribution in [3.63, 3.8) is 0 Å². The number of nitrogens with one attached hydrogen (secondary N) is 1. The summed E-state index contributed by atoms with van der Waals surface area (Å²) in [4.78, 5) is 19.3.